The van der Waals surface area contributed by atoms with Gasteiger partial charge in [-0.2, -0.15) is 5.26 Å². The zero-order chi connectivity index (χ0) is 14.6. The zero-order valence-corrected chi connectivity index (χ0v) is 11.6. The van der Waals surface area contributed by atoms with Gasteiger partial charge in [0.2, 0.25) is 10.0 Å². The lowest BCUT2D eigenvalue weighted by Gasteiger charge is -2.17. The number of carboxylic acid groups (broad SMARTS) is 1. The van der Waals surface area contributed by atoms with E-state index in [1.54, 1.807) is 0 Å². The van der Waals surface area contributed by atoms with Gasteiger partial charge in [0.1, 0.15) is 4.90 Å². The molecule has 0 atom stereocenters. The molecule has 0 fully saturated rings. The first-order valence-electron chi connectivity index (χ1n) is 5.17. The number of aliphatic carboxylic acids is 1. The molecule has 0 aliphatic carbocycles. The van der Waals surface area contributed by atoms with E-state index in [0.29, 0.717) is 0 Å². The molecule has 1 N–H and O–H groups in total. The highest BCUT2D eigenvalue weighted by atomic mass is 35.5. The van der Waals surface area contributed by atoms with Crippen molar-refractivity contribution in [2.45, 2.75) is 11.3 Å². The van der Waals surface area contributed by atoms with E-state index in [-0.39, 0.29) is 28.4 Å². The fraction of sp³-hybridized carbons (Fsp3) is 0.273. The molecule has 6 nitrogen and oxygen atoms in total. The van der Waals surface area contributed by atoms with Gasteiger partial charge in [-0.3, -0.25) is 4.79 Å². The van der Waals surface area contributed by atoms with Gasteiger partial charge in [0.15, 0.2) is 0 Å². The normalized spacial score (nSPS) is 11.3. The van der Waals surface area contributed by atoms with E-state index >= 15 is 0 Å². The van der Waals surface area contributed by atoms with Gasteiger partial charge in [0.25, 0.3) is 0 Å². The third-order valence-corrected chi connectivity index (χ3v) is 4.73. The van der Waals surface area contributed by atoms with Crippen LogP contribution < -0.4 is 0 Å². The predicted octanol–water partition coefficient (Wildman–Crippen LogP) is 1.31. The number of nitrogens with zero attached hydrogens (tertiary/aromatic N) is 2. The van der Waals surface area contributed by atoms with Crippen molar-refractivity contribution in [3.63, 3.8) is 0 Å². The summed E-state index contributed by atoms with van der Waals surface area (Å²) in [5, 5.41) is 17.3. The number of hydrogen-bond donors (Lipinski definition) is 1. The number of hydrogen-bond acceptors (Lipinski definition) is 4. The van der Waals surface area contributed by atoms with Crippen molar-refractivity contribution in [3.8, 4) is 6.07 Å². The molecule has 8 heteroatoms. The van der Waals surface area contributed by atoms with Gasteiger partial charge in [-0.25, -0.2) is 12.7 Å². The number of sulfonamides is 1. The molecule has 1 aromatic rings. The Morgan fingerprint density at radius 2 is 2.16 bits per heavy atom. The van der Waals surface area contributed by atoms with Crippen LogP contribution in [0.1, 0.15) is 12.0 Å². The third-order valence-electron chi connectivity index (χ3n) is 2.39. The van der Waals surface area contributed by atoms with Crippen molar-refractivity contribution in [2.24, 2.45) is 0 Å². The van der Waals surface area contributed by atoms with Crippen molar-refractivity contribution < 1.29 is 18.3 Å². The maximum absolute atomic E-state index is 12.2. The Labute approximate surface area is 115 Å². The largest absolute Gasteiger partial charge is 0.481 e. The Morgan fingerprint density at radius 3 is 2.68 bits per heavy atom. The lowest BCUT2D eigenvalue weighted by Crippen LogP contribution is -2.29. The molecule has 0 saturated carbocycles. The average Bonchev–Trinajstić information content (AvgIpc) is 2.36. The second kappa shape index (κ2) is 6.02. The summed E-state index contributed by atoms with van der Waals surface area (Å²) in [5.41, 5.74) is 0.162. The summed E-state index contributed by atoms with van der Waals surface area (Å²) in [4.78, 5) is 10.2. The van der Waals surface area contributed by atoms with E-state index in [4.69, 9.17) is 22.0 Å². The van der Waals surface area contributed by atoms with Crippen LogP contribution in [0.2, 0.25) is 5.02 Å². The molecule has 0 spiro atoms. The van der Waals surface area contributed by atoms with Gasteiger partial charge in [-0.05, 0) is 18.2 Å². The van der Waals surface area contributed by atoms with Crippen LogP contribution in [-0.2, 0) is 14.8 Å². The van der Waals surface area contributed by atoms with Gasteiger partial charge >= 0.3 is 5.97 Å². The maximum Gasteiger partial charge on any atom is 0.304 e. The highest BCUT2D eigenvalue weighted by Crippen LogP contribution is 2.25. The maximum atomic E-state index is 12.2. The third kappa shape index (κ3) is 3.67. The van der Waals surface area contributed by atoms with Crippen molar-refractivity contribution >= 4 is 27.6 Å². The number of carboxylic acids is 1. The molecule has 0 amide bonds. The van der Waals surface area contributed by atoms with Crippen LogP contribution in [0.15, 0.2) is 23.1 Å². The van der Waals surface area contributed by atoms with Crippen LogP contribution in [0.3, 0.4) is 0 Å². The van der Waals surface area contributed by atoms with E-state index in [2.05, 4.69) is 0 Å². The minimum Gasteiger partial charge on any atom is -0.481 e. The Kier molecular flexibility index (Phi) is 4.89. The molecule has 19 heavy (non-hydrogen) atoms. The standard InChI is InChI=1S/C11H11ClN2O4S/c1-14(5-4-11(15)16)19(17,18)10-6-8(7-13)2-3-9(10)12/h2-3,6H,4-5H2,1H3,(H,15,16). The van der Waals surface area contributed by atoms with Crippen molar-refractivity contribution in [1.82, 2.24) is 4.31 Å². The SMILES string of the molecule is CN(CCC(=O)O)S(=O)(=O)c1cc(C#N)ccc1Cl. The van der Waals surface area contributed by atoms with E-state index in [1.165, 1.54) is 19.2 Å². The smallest absolute Gasteiger partial charge is 0.304 e. The fourth-order valence-corrected chi connectivity index (χ4v) is 2.98. The summed E-state index contributed by atoms with van der Waals surface area (Å²) in [6.07, 6.45) is -0.314. The summed E-state index contributed by atoms with van der Waals surface area (Å²) in [6.45, 7) is -0.176. The zero-order valence-electron chi connectivity index (χ0n) is 10.00. The number of nitriles is 1. The Bertz CT molecular complexity index is 637. The van der Waals surface area contributed by atoms with Crippen molar-refractivity contribution in [2.75, 3.05) is 13.6 Å². The lowest BCUT2D eigenvalue weighted by molar-refractivity contribution is -0.137. The fourth-order valence-electron chi connectivity index (χ4n) is 1.31. The van der Waals surface area contributed by atoms with E-state index in [9.17, 15) is 13.2 Å². The van der Waals surface area contributed by atoms with E-state index < -0.39 is 16.0 Å². The van der Waals surface area contributed by atoms with Crippen molar-refractivity contribution in [3.05, 3.63) is 28.8 Å². The molecule has 1 rings (SSSR count). The monoisotopic (exact) mass is 302 g/mol. The minimum absolute atomic E-state index is 0.0128. The van der Waals surface area contributed by atoms with Crippen LogP contribution in [-0.4, -0.2) is 37.4 Å². The van der Waals surface area contributed by atoms with Crippen LogP contribution in [0.4, 0.5) is 0 Å². The van der Waals surface area contributed by atoms with E-state index in [1.807, 2.05) is 6.07 Å². The Balaban J connectivity index is 3.13. The predicted molar refractivity (Wildman–Crippen MR) is 68.2 cm³/mol. The summed E-state index contributed by atoms with van der Waals surface area (Å²) in [7, 11) is -2.65. The molecule has 0 aliphatic heterocycles. The van der Waals surface area contributed by atoms with E-state index in [0.717, 1.165) is 10.4 Å². The second-order valence-electron chi connectivity index (χ2n) is 3.73. The number of rotatable bonds is 5. The molecular weight excluding hydrogens is 292 g/mol. The first-order valence-corrected chi connectivity index (χ1v) is 6.98. The summed E-state index contributed by atoms with van der Waals surface area (Å²) in [6, 6.07) is 5.70. The molecule has 102 valence electrons. The van der Waals surface area contributed by atoms with Gasteiger partial charge in [-0.15, -0.1) is 0 Å². The lowest BCUT2D eigenvalue weighted by atomic mass is 10.2. The molecule has 0 aliphatic rings. The van der Waals surface area contributed by atoms with Crippen LogP contribution in [0, 0.1) is 11.3 Å². The first kappa shape index (κ1) is 15.4. The Hall–Kier alpha value is -1.62. The van der Waals surface area contributed by atoms with Gasteiger partial charge in [0.05, 0.1) is 23.1 Å². The highest BCUT2D eigenvalue weighted by Gasteiger charge is 2.24. The van der Waals surface area contributed by atoms with Crippen molar-refractivity contribution in [1.29, 1.82) is 5.26 Å². The van der Waals surface area contributed by atoms with Gasteiger partial charge < -0.3 is 5.11 Å². The molecule has 0 aromatic heterocycles. The highest BCUT2D eigenvalue weighted by molar-refractivity contribution is 7.89. The van der Waals surface area contributed by atoms with Gasteiger partial charge in [-0.1, -0.05) is 11.6 Å². The molecular formula is C11H11ClN2O4S. The van der Waals surface area contributed by atoms with Gasteiger partial charge in [0, 0.05) is 13.6 Å². The number of halogens is 1. The molecule has 0 radical (unpaired) electrons. The summed E-state index contributed by atoms with van der Waals surface area (Å²) < 4.78 is 25.2. The number of carbonyl (C=O) groups is 1. The molecule has 0 saturated heterocycles. The molecule has 1 aromatic carbocycles. The minimum atomic E-state index is -3.91. The summed E-state index contributed by atoms with van der Waals surface area (Å²) >= 11 is 5.81. The quantitative estimate of drug-likeness (QED) is 0.884. The second-order valence-corrected chi connectivity index (χ2v) is 6.15. The Morgan fingerprint density at radius 1 is 1.53 bits per heavy atom. The molecule has 0 bridgehead atoms. The summed E-state index contributed by atoms with van der Waals surface area (Å²) in [5.74, 6) is -1.10. The average molecular weight is 303 g/mol. The van der Waals surface area contributed by atoms with Crippen LogP contribution in [0.25, 0.3) is 0 Å². The van der Waals surface area contributed by atoms with Crippen LogP contribution in [0.5, 0.6) is 0 Å². The topological polar surface area (TPSA) is 98.5 Å². The molecule has 0 unspecified atom stereocenters. The molecule has 0 heterocycles. The van der Waals surface area contributed by atoms with Crippen LogP contribution >= 0.6 is 11.6 Å². The number of benzene rings is 1. The first-order chi connectivity index (χ1) is 8.78.